The van der Waals surface area contributed by atoms with E-state index in [9.17, 15) is 9.59 Å². The Balaban J connectivity index is 1.70. The predicted octanol–water partition coefficient (Wildman–Crippen LogP) is 3.36. The van der Waals surface area contributed by atoms with Gasteiger partial charge in [-0.3, -0.25) is 14.6 Å². The number of anilines is 1. The molecule has 2 aromatic heterocycles. The average Bonchev–Trinajstić information content (AvgIpc) is 3.17. The molecule has 0 saturated heterocycles. The summed E-state index contributed by atoms with van der Waals surface area (Å²) < 4.78 is 0. The van der Waals surface area contributed by atoms with Gasteiger partial charge in [0.05, 0.1) is 6.42 Å². The number of aryl methyl sites for hydroxylation is 1. The van der Waals surface area contributed by atoms with E-state index in [1.54, 1.807) is 17.5 Å². The maximum atomic E-state index is 12.8. The normalized spacial score (nSPS) is 11.6. The smallest absolute Gasteiger partial charge is 0.247 e. The first kappa shape index (κ1) is 18.8. The van der Waals surface area contributed by atoms with Gasteiger partial charge in [-0.2, -0.15) is 11.3 Å². The highest BCUT2D eigenvalue weighted by Crippen LogP contribution is 2.11. The molecule has 0 unspecified atom stereocenters. The van der Waals surface area contributed by atoms with Gasteiger partial charge >= 0.3 is 0 Å². The SMILES string of the molecule is Cc1ccc(NC(=O)[C@H](Cc2ccccn2)NC(=O)Cc2ccsc2)cc1. The number of nitrogens with zero attached hydrogens (tertiary/aromatic N) is 1. The molecule has 5 nitrogen and oxygen atoms in total. The molecule has 2 N–H and O–H groups in total. The molecular formula is C21H21N3O2S. The van der Waals surface area contributed by atoms with E-state index in [2.05, 4.69) is 15.6 Å². The van der Waals surface area contributed by atoms with Crippen molar-refractivity contribution in [3.8, 4) is 0 Å². The molecule has 3 rings (SSSR count). The van der Waals surface area contributed by atoms with Gasteiger partial charge < -0.3 is 10.6 Å². The molecule has 3 aromatic rings. The van der Waals surface area contributed by atoms with Crippen molar-refractivity contribution < 1.29 is 9.59 Å². The Morgan fingerprint density at radius 2 is 1.93 bits per heavy atom. The second-order valence-electron chi connectivity index (χ2n) is 6.31. The van der Waals surface area contributed by atoms with Gasteiger partial charge in [-0.1, -0.05) is 23.8 Å². The van der Waals surface area contributed by atoms with E-state index >= 15 is 0 Å². The minimum Gasteiger partial charge on any atom is -0.344 e. The van der Waals surface area contributed by atoms with Crippen LogP contribution in [0, 0.1) is 6.92 Å². The lowest BCUT2D eigenvalue weighted by Crippen LogP contribution is -2.45. The monoisotopic (exact) mass is 379 g/mol. The number of aromatic nitrogens is 1. The molecule has 2 amide bonds. The van der Waals surface area contributed by atoms with Gasteiger partial charge in [0.15, 0.2) is 0 Å². The summed E-state index contributed by atoms with van der Waals surface area (Å²) in [5, 5.41) is 9.58. The lowest BCUT2D eigenvalue weighted by molar-refractivity contribution is -0.126. The first-order chi connectivity index (χ1) is 13.1. The summed E-state index contributed by atoms with van der Waals surface area (Å²) in [5.74, 6) is -0.448. The first-order valence-corrected chi connectivity index (χ1v) is 9.62. The van der Waals surface area contributed by atoms with Crippen LogP contribution in [0.5, 0.6) is 0 Å². The molecule has 138 valence electrons. The third kappa shape index (κ3) is 5.76. The summed E-state index contributed by atoms with van der Waals surface area (Å²) in [7, 11) is 0. The van der Waals surface area contributed by atoms with Crippen molar-refractivity contribution in [2.45, 2.75) is 25.8 Å². The van der Waals surface area contributed by atoms with Crippen LogP contribution in [0.4, 0.5) is 5.69 Å². The van der Waals surface area contributed by atoms with Gasteiger partial charge in [0.25, 0.3) is 0 Å². The summed E-state index contributed by atoms with van der Waals surface area (Å²) in [6.07, 6.45) is 2.26. The fourth-order valence-electron chi connectivity index (χ4n) is 2.63. The van der Waals surface area contributed by atoms with Crippen molar-refractivity contribution in [2.75, 3.05) is 5.32 Å². The largest absolute Gasteiger partial charge is 0.344 e. The van der Waals surface area contributed by atoms with E-state index in [1.165, 1.54) is 0 Å². The number of rotatable bonds is 7. The Bertz CT molecular complexity index is 878. The van der Waals surface area contributed by atoms with Crippen LogP contribution in [0.15, 0.2) is 65.5 Å². The zero-order chi connectivity index (χ0) is 19.1. The van der Waals surface area contributed by atoms with Crippen LogP contribution in [0.3, 0.4) is 0 Å². The zero-order valence-corrected chi connectivity index (χ0v) is 15.8. The van der Waals surface area contributed by atoms with E-state index in [-0.39, 0.29) is 18.2 Å². The molecule has 0 aliphatic carbocycles. The number of pyridine rings is 1. The molecule has 0 saturated carbocycles. The van der Waals surface area contributed by atoms with Crippen LogP contribution in [0.25, 0.3) is 0 Å². The third-order valence-corrected chi connectivity index (χ3v) is 4.79. The molecule has 0 radical (unpaired) electrons. The highest BCUT2D eigenvalue weighted by molar-refractivity contribution is 7.08. The Kier molecular flexibility index (Phi) is 6.33. The van der Waals surface area contributed by atoms with Crippen molar-refractivity contribution in [1.82, 2.24) is 10.3 Å². The van der Waals surface area contributed by atoms with Crippen molar-refractivity contribution in [3.63, 3.8) is 0 Å². The van der Waals surface area contributed by atoms with Crippen molar-refractivity contribution in [3.05, 3.63) is 82.3 Å². The zero-order valence-electron chi connectivity index (χ0n) is 15.0. The van der Waals surface area contributed by atoms with E-state index in [0.717, 1.165) is 16.8 Å². The number of hydrogen-bond donors (Lipinski definition) is 2. The number of nitrogens with one attached hydrogen (secondary N) is 2. The molecule has 27 heavy (non-hydrogen) atoms. The van der Waals surface area contributed by atoms with E-state index in [0.29, 0.717) is 12.1 Å². The standard InChI is InChI=1S/C21H21N3O2S/c1-15-5-7-17(8-6-15)23-21(26)19(13-18-4-2-3-10-22-18)24-20(25)12-16-9-11-27-14-16/h2-11,14,19H,12-13H2,1H3,(H,23,26)(H,24,25)/t19-/m0/s1. The Hall–Kier alpha value is -2.99. The predicted molar refractivity (Wildman–Crippen MR) is 108 cm³/mol. The lowest BCUT2D eigenvalue weighted by atomic mass is 10.1. The summed E-state index contributed by atoms with van der Waals surface area (Å²) >= 11 is 1.54. The Morgan fingerprint density at radius 1 is 1.11 bits per heavy atom. The van der Waals surface area contributed by atoms with Crippen LogP contribution < -0.4 is 10.6 Å². The molecule has 0 aliphatic heterocycles. The maximum absolute atomic E-state index is 12.8. The number of carbonyl (C=O) groups excluding carboxylic acids is 2. The number of carbonyl (C=O) groups is 2. The van der Waals surface area contributed by atoms with Crippen LogP contribution in [-0.4, -0.2) is 22.8 Å². The van der Waals surface area contributed by atoms with Crippen molar-refractivity contribution in [1.29, 1.82) is 0 Å². The topological polar surface area (TPSA) is 71.1 Å². The van der Waals surface area contributed by atoms with E-state index < -0.39 is 6.04 Å². The first-order valence-electron chi connectivity index (χ1n) is 8.68. The van der Waals surface area contributed by atoms with Gasteiger partial charge in [-0.15, -0.1) is 0 Å². The molecule has 0 spiro atoms. The average molecular weight is 379 g/mol. The van der Waals surface area contributed by atoms with Gasteiger partial charge in [0, 0.05) is 24.0 Å². The van der Waals surface area contributed by atoms with Crippen LogP contribution in [-0.2, 0) is 22.4 Å². The molecule has 0 fully saturated rings. The molecular weight excluding hydrogens is 358 g/mol. The van der Waals surface area contributed by atoms with Crippen molar-refractivity contribution in [2.24, 2.45) is 0 Å². The summed E-state index contributed by atoms with van der Waals surface area (Å²) in [4.78, 5) is 29.5. The third-order valence-electron chi connectivity index (χ3n) is 4.06. The highest BCUT2D eigenvalue weighted by atomic mass is 32.1. The fourth-order valence-corrected chi connectivity index (χ4v) is 3.30. The summed E-state index contributed by atoms with van der Waals surface area (Å²) in [5.41, 5.74) is 3.50. The number of amides is 2. The summed E-state index contributed by atoms with van der Waals surface area (Å²) in [6.45, 7) is 1.99. The molecule has 1 atom stereocenters. The molecule has 1 aromatic carbocycles. The Labute approximate surface area is 162 Å². The number of hydrogen-bond acceptors (Lipinski definition) is 4. The van der Waals surface area contributed by atoms with Gasteiger partial charge in [-0.25, -0.2) is 0 Å². The molecule has 0 bridgehead atoms. The van der Waals surface area contributed by atoms with E-state index in [4.69, 9.17) is 0 Å². The van der Waals surface area contributed by atoms with E-state index in [1.807, 2.05) is 66.2 Å². The highest BCUT2D eigenvalue weighted by Gasteiger charge is 2.22. The fraction of sp³-hybridized carbons (Fsp3) is 0.190. The number of thiophene rings is 1. The molecule has 6 heteroatoms. The Morgan fingerprint density at radius 3 is 2.59 bits per heavy atom. The minimum absolute atomic E-state index is 0.187. The molecule has 2 heterocycles. The van der Waals surface area contributed by atoms with Crippen LogP contribution >= 0.6 is 11.3 Å². The lowest BCUT2D eigenvalue weighted by Gasteiger charge is -2.18. The van der Waals surface area contributed by atoms with Gasteiger partial charge in [0.1, 0.15) is 6.04 Å². The summed E-state index contributed by atoms with van der Waals surface area (Å²) in [6, 6.07) is 14.3. The maximum Gasteiger partial charge on any atom is 0.247 e. The van der Waals surface area contributed by atoms with Crippen LogP contribution in [0.1, 0.15) is 16.8 Å². The second-order valence-corrected chi connectivity index (χ2v) is 7.09. The van der Waals surface area contributed by atoms with Gasteiger partial charge in [-0.05, 0) is 53.6 Å². The number of benzene rings is 1. The quantitative estimate of drug-likeness (QED) is 0.661. The second kappa shape index (κ2) is 9.09. The van der Waals surface area contributed by atoms with Crippen LogP contribution in [0.2, 0.25) is 0 Å². The van der Waals surface area contributed by atoms with Crippen molar-refractivity contribution >= 4 is 28.8 Å². The minimum atomic E-state index is -0.702. The van der Waals surface area contributed by atoms with Gasteiger partial charge in [0.2, 0.25) is 11.8 Å². The molecule has 0 aliphatic rings.